The predicted molar refractivity (Wildman–Crippen MR) is 160 cm³/mol. The summed E-state index contributed by atoms with van der Waals surface area (Å²) in [5.74, 6) is -0.539. The smallest absolute Gasteiger partial charge is 0.478 e. The van der Waals surface area contributed by atoms with Crippen LogP contribution in [-0.2, 0) is 21.4 Å². The molecular weight excluding hydrogens is 625 g/mol. The Hall–Kier alpha value is -3.94. The maximum atomic E-state index is 13.5. The van der Waals surface area contributed by atoms with Gasteiger partial charge in [0.05, 0.1) is 23.2 Å². The molecule has 0 spiro atoms. The highest BCUT2D eigenvalue weighted by atomic mass is 32.2. The van der Waals surface area contributed by atoms with E-state index in [1.807, 2.05) is 0 Å². The van der Waals surface area contributed by atoms with Crippen LogP contribution in [0.4, 0.5) is 13.2 Å². The van der Waals surface area contributed by atoms with E-state index in [1.54, 1.807) is 24.3 Å². The Morgan fingerprint density at radius 3 is 2.37 bits per heavy atom. The van der Waals surface area contributed by atoms with Crippen LogP contribution in [0.25, 0.3) is 22.0 Å². The van der Waals surface area contributed by atoms with E-state index in [4.69, 9.17) is 9.26 Å². The number of carboxylic acids is 1. The largest absolute Gasteiger partial charge is 0.573 e. The molecule has 3 aliphatic carbocycles. The molecule has 2 N–H and O–H groups in total. The maximum Gasteiger partial charge on any atom is 0.573 e. The van der Waals surface area contributed by atoms with E-state index in [9.17, 15) is 31.5 Å². The minimum atomic E-state index is -4.87. The lowest BCUT2D eigenvalue weighted by atomic mass is 9.83. The number of nitrogens with zero attached hydrogens (tertiary/aromatic N) is 1. The number of benzene rings is 3. The Labute approximate surface area is 262 Å². The second-order valence-corrected chi connectivity index (χ2v) is 14.1. The fraction of sp³-hybridized carbons (Fsp3) is 0.394. The molecule has 3 aliphatic rings. The Balaban J connectivity index is 1.05. The Bertz CT molecular complexity index is 1890. The molecule has 2 bridgehead atoms. The Morgan fingerprint density at radius 1 is 0.978 bits per heavy atom. The summed E-state index contributed by atoms with van der Waals surface area (Å²) in [6.45, 7) is 0.103. The zero-order chi connectivity index (χ0) is 32.2. The molecule has 4 aromatic rings. The summed E-state index contributed by atoms with van der Waals surface area (Å²) in [5, 5.41) is 14.7. The fourth-order valence-electron chi connectivity index (χ4n) is 6.99. The van der Waals surface area contributed by atoms with Crippen LogP contribution in [0.1, 0.15) is 66.1 Å². The molecule has 0 aliphatic heterocycles. The van der Waals surface area contributed by atoms with Gasteiger partial charge in [-0.3, -0.25) is 0 Å². The molecule has 13 heteroatoms. The maximum absolute atomic E-state index is 13.5. The van der Waals surface area contributed by atoms with Gasteiger partial charge in [0, 0.05) is 23.1 Å². The average Bonchev–Trinajstić information content (AvgIpc) is 3.73. The van der Waals surface area contributed by atoms with Gasteiger partial charge in [-0.2, -0.15) is 0 Å². The molecule has 3 saturated carbocycles. The number of ether oxygens (including phenoxy) is 2. The van der Waals surface area contributed by atoms with Crippen molar-refractivity contribution in [2.75, 3.05) is 0 Å². The highest BCUT2D eigenvalue weighted by Gasteiger charge is 2.45. The minimum absolute atomic E-state index is 0.0582. The van der Waals surface area contributed by atoms with Gasteiger partial charge in [-0.05, 0) is 97.5 Å². The van der Waals surface area contributed by atoms with Crippen molar-refractivity contribution >= 4 is 26.8 Å². The molecular formula is C33H31F3N2O7S. The van der Waals surface area contributed by atoms with Crippen molar-refractivity contribution in [3.05, 3.63) is 77.6 Å². The molecule has 0 radical (unpaired) electrons. The lowest BCUT2D eigenvalue weighted by molar-refractivity contribution is -0.274. The highest BCUT2D eigenvalue weighted by molar-refractivity contribution is 7.89. The lowest BCUT2D eigenvalue weighted by Gasteiger charge is -2.35. The van der Waals surface area contributed by atoms with Crippen LogP contribution in [-0.4, -0.2) is 43.2 Å². The monoisotopic (exact) mass is 656 g/mol. The van der Waals surface area contributed by atoms with E-state index in [2.05, 4.69) is 14.6 Å². The summed E-state index contributed by atoms with van der Waals surface area (Å²) in [6, 6.07) is 14.8. The second kappa shape index (κ2) is 11.7. The molecule has 3 aromatic carbocycles. The van der Waals surface area contributed by atoms with E-state index in [0.29, 0.717) is 34.9 Å². The van der Waals surface area contributed by atoms with E-state index >= 15 is 0 Å². The summed E-state index contributed by atoms with van der Waals surface area (Å²) < 4.78 is 85.6. The third-order valence-corrected chi connectivity index (χ3v) is 10.8. The summed E-state index contributed by atoms with van der Waals surface area (Å²) in [5.41, 5.74) is 1.17. The zero-order valence-electron chi connectivity index (χ0n) is 24.5. The molecule has 1 heterocycles. The number of hydrogen-bond donors (Lipinski definition) is 2. The van der Waals surface area contributed by atoms with Crippen LogP contribution in [0.3, 0.4) is 0 Å². The number of nitrogens with one attached hydrogen (secondary N) is 1. The van der Waals surface area contributed by atoms with Gasteiger partial charge >= 0.3 is 12.3 Å². The molecule has 7 rings (SSSR count). The number of aromatic carboxylic acids is 1. The molecule has 3 fully saturated rings. The van der Waals surface area contributed by atoms with Crippen molar-refractivity contribution < 1.29 is 45.5 Å². The molecule has 9 nitrogen and oxygen atoms in total. The van der Waals surface area contributed by atoms with Gasteiger partial charge in [0.1, 0.15) is 17.2 Å². The van der Waals surface area contributed by atoms with E-state index in [0.717, 1.165) is 25.7 Å². The molecule has 1 aromatic heterocycles. The standard InChI is InChI=1S/C33H31F3N2O7S/c34-33(35,36)44-28-4-2-1-3-26(28)30-27(31(45-37-30)18-5-6-18)17-43-24-14-21-8-9-22(15-24)29(21)38-46(41,42)25-12-11-19-13-23(32(39)40)10-7-20(19)16-25/h1-4,7,10-13,16,18,21-22,24,29,38H,5-6,8-9,14-15,17H2,(H,39,40). The molecule has 46 heavy (non-hydrogen) atoms. The van der Waals surface area contributed by atoms with Crippen molar-refractivity contribution in [2.45, 2.75) is 74.5 Å². The van der Waals surface area contributed by atoms with Gasteiger partial charge in [-0.15, -0.1) is 13.2 Å². The molecule has 0 saturated heterocycles. The molecule has 0 amide bonds. The predicted octanol–water partition coefficient (Wildman–Crippen LogP) is 7.02. The van der Waals surface area contributed by atoms with Crippen LogP contribution in [0.2, 0.25) is 0 Å². The Kier molecular flexibility index (Phi) is 7.81. The van der Waals surface area contributed by atoms with Gasteiger partial charge in [0.15, 0.2) is 0 Å². The van der Waals surface area contributed by atoms with Crippen LogP contribution >= 0.6 is 0 Å². The SMILES string of the molecule is O=C(O)c1ccc2cc(S(=O)(=O)NC3C4CCC3CC(OCc3c(-c5ccccc5OC(F)(F)F)noc3C3CC3)C4)ccc2c1. The van der Waals surface area contributed by atoms with Crippen molar-refractivity contribution in [2.24, 2.45) is 11.8 Å². The third kappa shape index (κ3) is 6.23. The van der Waals surface area contributed by atoms with Gasteiger partial charge in [-0.1, -0.05) is 29.4 Å². The van der Waals surface area contributed by atoms with Crippen molar-refractivity contribution in [1.29, 1.82) is 0 Å². The zero-order valence-corrected chi connectivity index (χ0v) is 25.3. The van der Waals surface area contributed by atoms with Crippen LogP contribution in [0.15, 0.2) is 70.1 Å². The highest BCUT2D eigenvalue weighted by Crippen LogP contribution is 2.47. The van der Waals surface area contributed by atoms with Gasteiger partial charge < -0.3 is 19.1 Å². The third-order valence-electron chi connectivity index (χ3n) is 9.31. The van der Waals surface area contributed by atoms with Crippen molar-refractivity contribution in [3.8, 4) is 17.0 Å². The van der Waals surface area contributed by atoms with E-state index < -0.39 is 22.4 Å². The lowest BCUT2D eigenvalue weighted by Crippen LogP contribution is -2.46. The number of aromatic nitrogens is 1. The second-order valence-electron chi connectivity index (χ2n) is 12.4. The first kappa shape index (κ1) is 30.7. The minimum Gasteiger partial charge on any atom is -0.478 e. The quantitative estimate of drug-likeness (QED) is 0.186. The first-order valence-electron chi connectivity index (χ1n) is 15.2. The number of fused-ring (bicyclic) bond motifs is 3. The van der Waals surface area contributed by atoms with Crippen LogP contribution in [0, 0.1) is 11.8 Å². The first-order chi connectivity index (χ1) is 21.9. The number of para-hydroxylation sites is 1. The first-order valence-corrected chi connectivity index (χ1v) is 16.7. The van der Waals surface area contributed by atoms with Crippen LogP contribution in [0.5, 0.6) is 5.75 Å². The number of carbonyl (C=O) groups is 1. The fourth-order valence-corrected chi connectivity index (χ4v) is 8.40. The van der Waals surface area contributed by atoms with Crippen molar-refractivity contribution in [1.82, 2.24) is 9.88 Å². The summed E-state index contributed by atoms with van der Waals surface area (Å²) in [7, 11) is -3.85. The summed E-state index contributed by atoms with van der Waals surface area (Å²) in [6.07, 6.45) is -0.271. The normalized spacial score (nSPS) is 23.1. The number of rotatable bonds is 10. The molecule has 242 valence electrons. The van der Waals surface area contributed by atoms with Gasteiger partial charge in [-0.25, -0.2) is 17.9 Å². The molecule has 2 unspecified atom stereocenters. The molecule has 2 atom stereocenters. The van der Waals surface area contributed by atoms with Crippen LogP contribution < -0.4 is 9.46 Å². The Morgan fingerprint density at radius 2 is 1.67 bits per heavy atom. The van der Waals surface area contributed by atoms with Crippen molar-refractivity contribution in [3.63, 3.8) is 0 Å². The van der Waals surface area contributed by atoms with Gasteiger partial charge in [0.25, 0.3) is 0 Å². The number of hydrogen-bond acceptors (Lipinski definition) is 7. The summed E-state index contributed by atoms with van der Waals surface area (Å²) in [4.78, 5) is 11.4. The number of sulfonamides is 1. The van der Waals surface area contributed by atoms with Gasteiger partial charge in [0.2, 0.25) is 10.0 Å². The summed E-state index contributed by atoms with van der Waals surface area (Å²) >= 11 is 0. The van der Waals surface area contributed by atoms with E-state index in [1.165, 1.54) is 36.4 Å². The average molecular weight is 657 g/mol. The van der Waals surface area contributed by atoms with E-state index in [-0.39, 0.29) is 64.0 Å². The topological polar surface area (TPSA) is 128 Å². The number of carboxylic acid groups (broad SMARTS) is 1. The number of halogens is 3. The number of alkyl halides is 3.